The van der Waals surface area contributed by atoms with Gasteiger partial charge in [0, 0.05) is 5.69 Å². The van der Waals surface area contributed by atoms with Crippen molar-refractivity contribution < 1.29 is 14.3 Å². The minimum Gasteiger partial charge on any atom is -0.465 e. The van der Waals surface area contributed by atoms with E-state index in [4.69, 9.17) is 11.6 Å². The van der Waals surface area contributed by atoms with E-state index >= 15 is 0 Å². The molecule has 0 saturated heterocycles. The minimum absolute atomic E-state index is 0.0994. The van der Waals surface area contributed by atoms with Crippen LogP contribution in [0.5, 0.6) is 0 Å². The highest BCUT2D eigenvalue weighted by Crippen LogP contribution is 2.16. The molecule has 1 rings (SSSR count). The number of alkyl halides is 1. The number of ether oxygens (including phenoxy) is 1. The van der Waals surface area contributed by atoms with Gasteiger partial charge in [-0.25, -0.2) is 4.79 Å². The van der Waals surface area contributed by atoms with Crippen molar-refractivity contribution in [3.63, 3.8) is 0 Å². The lowest BCUT2D eigenvalue weighted by Crippen LogP contribution is -2.13. The van der Waals surface area contributed by atoms with Crippen LogP contribution in [0.15, 0.2) is 18.2 Å². The maximum absolute atomic E-state index is 11.3. The van der Waals surface area contributed by atoms with E-state index in [0.29, 0.717) is 11.3 Å². The molecule has 0 spiro atoms. The fourth-order valence-corrected chi connectivity index (χ4v) is 1.34. The number of nitrogens with one attached hydrogen (secondary N) is 1. The van der Waals surface area contributed by atoms with Gasteiger partial charge in [-0.2, -0.15) is 0 Å². The quantitative estimate of drug-likeness (QED) is 0.650. The van der Waals surface area contributed by atoms with Crippen LogP contribution in [0.3, 0.4) is 0 Å². The Labute approximate surface area is 98.5 Å². The maximum Gasteiger partial charge on any atom is 0.338 e. The van der Waals surface area contributed by atoms with Crippen molar-refractivity contribution in [2.75, 3.05) is 18.3 Å². The van der Waals surface area contributed by atoms with E-state index in [-0.39, 0.29) is 11.8 Å². The SMILES string of the molecule is COC(=O)c1ccc(NC(=O)CCl)cc1C. The molecule has 86 valence electrons. The summed E-state index contributed by atoms with van der Waals surface area (Å²) in [5, 5.41) is 2.59. The van der Waals surface area contributed by atoms with Crippen LogP contribution in [0.1, 0.15) is 15.9 Å². The Balaban J connectivity index is 2.91. The second-order valence-corrected chi connectivity index (χ2v) is 3.47. The number of rotatable bonds is 3. The smallest absolute Gasteiger partial charge is 0.338 e. The van der Waals surface area contributed by atoms with Gasteiger partial charge in [0.25, 0.3) is 0 Å². The molecule has 0 aliphatic heterocycles. The topological polar surface area (TPSA) is 55.4 Å². The summed E-state index contributed by atoms with van der Waals surface area (Å²) in [4.78, 5) is 22.3. The Kier molecular flexibility index (Phi) is 4.31. The van der Waals surface area contributed by atoms with Crippen molar-refractivity contribution in [1.82, 2.24) is 0 Å². The number of aryl methyl sites for hydroxylation is 1. The summed E-state index contributed by atoms with van der Waals surface area (Å²) in [6.07, 6.45) is 0. The molecule has 1 aromatic carbocycles. The van der Waals surface area contributed by atoms with Crippen molar-refractivity contribution in [1.29, 1.82) is 0 Å². The first kappa shape index (κ1) is 12.5. The number of carbonyl (C=O) groups is 2. The number of benzene rings is 1. The Morgan fingerprint density at radius 3 is 2.62 bits per heavy atom. The predicted octanol–water partition coefficient (Wildman–Crippen LogP) is 1.96. The molecule has 5 heteroatoms. The van der Waals surface area contributed by atoms with Crippen molar-refractivity contribution >= 4 is 29.2 Å². The molecule has 0 atom stereocenters. The number of anilines is 1. The minimum atomic E-state index is -0.396. The van der Waals surface area contributed by atoms with Crippen LogP contribution in [0.2, 0.25) is 0 Å². The highest BCUT2D eigenvalue weighted by molar-refractivity contribution is 6.29. The fraction of sp³-hybridized carbons (Fsp3) is 0.273. The van der Waals surface area contributed by atoms with Gasteiger partial charge in [-0.15, -0.1) is 11.6 Å². The summed E-state index contributed by atoms with van der Waals surface area (Å²) in [6.45, 7) is 1.77. The molecule has 0 saturated carbocycles. The van der Waals surface area contributed by atoms with Crippen LogP contribution in [0, 0.1) is 6.92 Å². The lowest BCUT2D eigenvalue weighted by molar-refractivity contribution is -0.113. The summed E-state index contributed by atoms with van der Waals surface area (Å²) in [5.74, 6) is -0.780. The van der Waals surface area contributed by atoms with Crippen LogP contribution in [0.4, 0.5) is 5.69 Å². The molecule has 16 heavy (non-hydrogen) atoms. The molecule has 0 aromatic heterocycles. The molecular weight excluding hydrogens is 230 g/mol. The van der Waals surface area contributed by atoms with Gasteiger partial charge in [0.1, 0.15) is 5.88 Å². The molecule has 1 N–H and O–H groups in total. The third-order valence-electron chi connectivity index (χ3n) is 2.04. The largest absolute Gasteiger partial charge is 0.465 e. The fourth-order valence-electron chi connectivity index (χ4n) is 1.27. The second-order valence-electron chi connectivity index (χ2n) is 3.20. The zero-order valence-electron chi connectivity index (χ0n) is 9.04. The van der Waals surface area contributed by atoms with Gasteiger partial charge >= 0.3 is 5.97 Å². The Hall–Kier alpha value is -1.55. The Bertz CT molecular complexity index is 418. The third kappa shape index (κ3) is 2.97. The van der Waals surface area contributed by atoms with Crippen LogP contribution < -0.4 is 5.32 Å². The molecule has 1 amide bonds. The normalized spacial score (nSPS) is 9.69. The summed E-state index contributed by atoms with van der Waals surface area (Å²) in [6, 6.07) is 4.92. The highest BCUT2D eigenvalue weighted by Gasteiger charge is 2.09. The molecule has 0 heterocycles. The van der Waals surface area contributed by atoms with Gasteiger partial charge in [0.15, 0.2) is 0 Å². The zero-order chi connectivity index (χ0) is 12.1. The van der Waals surface area contributed by atoms with Crippen molar-refractivity contribution in [3.05, 3.63) is 29.3 Å². The molecule has 0 aliphatic rings. The van der Waals surface area contributed by atoms with Gasteiger partial charge in [0.2, 0.25) is 5.91 Å². The number of hydrogen-bond donors (Lipinski definition) is 1. The van der Waals surface area contributed by atoms with E-state index in [2.05, 4.69) is 10.1 Å². The first-order chi connectivity index (χ1) is 7.58. The van der Waals surface area contributed by atoms with E-state index in [0.717, 1.165) is 5.56 Å². The molecular formula is C11H12ClNO3. The van der Waals surface area contributed by atoms with E-state index < -0.39 is 5.97 Å². The van der Waals surface area contributed by atoms with Crippen molar-refractivity contribution in [3.8, 4) is 0 Å². The summed E-state index contributed by atoms with van der Waals surface area (Å²) < 4.78 is 4.61. The summed E-state index contributed by atoms with van der Waals surface area (Å²) in [5.41, 5.74) is 1.82. The van der Waals surface area contributed by atoms with Crippen LogP contribution in [0.25, 0.3) is 0 Å². The van der Waals surface area contributed by atoms with Crippen LogP contribution in [-0.2, 0) is 9.53 Å². The number of esters is 1. The monoisotopic (exact) mass is 241 g/mol. The van der Waals surface area contributed by atoms with Crippen LogP contribution >= 0.6 is 11.6 Å². The average molecular weight is 242 g/mol. The van der Waals surface area contributed by atoms with Gasteiger partial charge in [-0.3, -0.25) is 4.79 Å². The van der Waals surface area contributed by atoms with Crippen molar-refractivity contribution in [2.45, 2.75) is 6.92 Å². The van der Waals surface area contributed by atoms with E-state index in [1.807, 2.05) is 0 Å². The lowest BCUT2D eigenvalue weighted by atomic mass is 10.1. The lowest BCUT2D eigenvalue weighted by Gasteiger charge is -2.07. The Morgan fingerprint density at radius 2 is 2.12 bits per heavy atom. The number of halogens is 1. The number of methoxy groups -OCH3 is 1. The average Bonchev–Trinajstić information content (AvgIpc) is 2.28. The van der Waals surface area contributed by atoms with Gasteiger partial charge in [0.05, 0.1) is 12.7 Å². The van der Waals surface area contributed by atoms with E-state index in [1.165, 1.54) is 7.11 Å². The molecule has 0 fully saturated rings. The summed E-state index contributed by atoms with van der Waals surface area (Å²) in [7, 11) is 1.32. The number of hydrogen-bond acceptors (Lipinski definition) is 3. The molecule has 0 radical (unpaired) electrons. The third-order valence-corrected chi connectivity index (χ3v) is 2.28. The van der Waals surface area contributed by atoms with Gasteiger partial charge in [-0.1, -0.05) is 0 Å². The molecule has 0 unspecified atom stereocenters. The van der Waals surface area contributed by atoms with E-state index in [9.17, 15) is 9.59 Å². The zero-order valence-corrected chi connectivity index (χ0v) is 9.80. The summed E-state index contributed by atoms with van der Waals surface area (Å²) >= 11 is 5.36. The first-order valence-electron chi connectivity index (χ1n) is 4.63. The molecule has 1 aromatic rings. The van der Waals surface area contributed by atoms with Gasteiger partial charge < -0.3 is 10.1 Å². The molecule has 0 bridgehead atoms. The highest BCUT2D eigenvalue weighted by atomic mass is 35.5. The standard InChI is InChI=1S/C11H12ClNO3/c1-7-5-8(13-10(14)6-12)3-4-9(7)11(15)16-2/h3-5H,6H2,1-2H3,(H,13,14). The molecule has 0 aliphatic carbocycles. The number of amides is 1. The number of carbonyl (C=O) groups excluding carboxylic acids is 2. The Morgan fingerprint density at radius 1 is 1.44 bits per heavy atom. The van der Waals surface area contributed by atoms with Crippen LogP contribution in [-0.4, -0.2) is 24.9 Å². The van der Waals surface area contributed by atoms with Crippen molar-refractivity contribution in [2.24, 2.45) is 0 Å². The maximum atomic E-state index is 11.3. The van der Waals surface area contributed by atoms with Gasteiger partial charge in [-0.05, 0) is 30.7 Å². The molecule has 4 nitrogen and oxygen atoms in total. The first-order valence-corrected chi connectivity index (χ1v) is 5.16. The second kappa shape index (κ2) is 5.51. The predicted molar refractivity (Wildman–Crippen MR) is 61.9 cm³/mol. The van der Waals surface area contributed by atoms with E-state index in [1.54, 1.807) is 25.1 Å².